The summed E-state index contributed by atoms with van der Waals surface area (Å²) in [5, 5.41) is 0. The first-order valence-corrected chi connectivity index (χ1v) is 14.4. The molecule has 0 saturated heterocycles. The zero-order chi connectivity index (χ0) is 22.1. The van der Waals surface area contributed by atoms with E-state index in [-0.39, 0.29) is 12.1 Å². The Labute approximate surface area is 186 Å². The molecule has 1 unspecified atom stereocenters. The molecule has 0 aromatic heterocycles. The van der Waals surface area contributed by atoms with Crippen LogP contribution in [0.4, 0.5) is 0 Å². The quantitative estimate of drug-likeness (QED) is 0.155. The Morgan fingerprint density at radius 3 is 1.83 bits per heavy atom. The van der Waals surface area contributed by atoms with Crippen LogP contribution in [-0.2, 0) is 13.6 Å². The van der Waals surface area contributed by atoms with Gasteiger partial charge in [-0.15, -0.1) is 0 Å². The maximum atomic E-state index is 12.3. The van der Waals surface area contributed by atoms with Gasteiger partial charge in [0.1, 0.15) is 0 Å². The minimum absolute atomic E-state index is 0.192. The second-order valence-corrected chi connectivity index (χ2v) is 10.5. The second kappa shape index (κ2) is 17.6. The number of rotatable bonds is 20. The second-order valence-electron chi connectivity index (χ2n) is 9.11. The Kier molecular flexibility index (Phi) is 16.5. The lowest BCUT2D eigenvalue weighted by Crippen LogP contribution is -2.38. The molecule has 1 saturated carbocycles. The van der Waals surface area contributed by atoms with Crippen LogP contribution in [-0.4, -0.2) is 42.1 Å². The van der Waals surface area contributed by atoms with Crippen LogP contribution in [0.1, 0.15) is 123 Å². The van der Waals surface area contributed by atoms with Crippen LogP contribution in [0.3, 0.4) is 0 Å². The Bertz CT molecular complexity index is 449. The van der Waals surface area contributed by atoms with Gasteiger partial charge in [0.05, 0.1) is 12.7 Å². The summed E-state index contributed by atoms with van der Waals surface area (Å²) in [7, 11) is -1.90. The van der Waals surface area contributed by atoms with Gasteiger partial charge in [-0.25, -0.2) is 4.57 Å². The summed E-state index contributed by atoms with van der Waals surface area (Å²) in [5.74, 6) is 0. The van der Waals surface area contributed by atoms with E-state index in [0.717, 1.165) is 38.6 Å². The summed E-state index contributed by atoms with van der Waals surface area (Å²) in [6.45, 7) is 5.60. The summed E-state index contributed by atoms with van der Waals surface area (Å²) in [4.78, 5) is 12.2. The third-order valence-electron chi connectivity index (χ3n) is 6.50. The van der Waals surface area contributed by atoms with Crippen LogP contribution in [0.2, 0.25) is 0 Å². The molecule has 0 aromatic rings. The number of unbranched alkanes of at least 4 members (excludes halogenated alkanes) is 13. The molecule has 0 amide bonds. The molecule has 0 aliphatic heterocycles. The molecule has 180 valence electrons. The van der Waals surface area contributed by atoms with Crippen LogP contribution in [0.25, 0.3) is 0 Å². The van der Waals surface area contributed by atoms with Crippen molar-refractivity contribution in [2.75, 3.05) is 20.2 Å². The Balaban J connectivity index is 1.94. The number of hydrogen-bond donors (Lipinski definition) is 1. The van der Waals surface area contributed by atoms with E-state index in [1.165, 1.54) is 77.0 Å². The zero-order valence-electron chi connectivity index (χ0n) is 20.2. The van der Waals surface area contributed by atoms with Gasteiger partial charge >= 0.3 is 7.82 Å². The van der Waals surface area contributed by atoms with Crippen molar-refractivity contribution in [3.8, 4) is 0 Å². The summed E-state index contributed by atoms with van der Waals surface area (Å²) in [5.41, 5.74) is 0. The lowest BCUT2D eigenvalue weighted by Gasteiger charge is -2.29. The summed E-state index contributed by atoms with van der Waals surface area (Å²) < 4.78 is 23.0. The average Bonchev–Trinajstić information content (AvgIpc) is 3.17. The summed E-state index contributed by atoms with van der Waals surface area (Å²) in [6, 6.07) is 0.222. The van der Waals surface area contributed by atoms with E-state index in [0.29, 0.717) is 6.61 Å². The molecule has 0 aromatic carbocycles. The van der Waals surface area contributed by atoms with E-state index in [1.54, 1.807) is 0 Å². The summed E-state index contributed by atoms with van der Waals surface area (Å²) >= 11 is 0. The number of phosphoric acid groups is 1. The number of hydrogen-bond acceptors (Lipinski definition) is 4. The van der Waals surface area contributed by atoms with Crippen molar-refractivity contribution < 1.29 is 18.5 Å². The van der Waals surface area contributed by atoms with E-state index < -0.39 is 7.82 Å². The van der Waals surface area contributed by atoms with Gasteiger partial charge in [0.15, 0.2) is 0 Å². The molecular formula is C24H50NO4P. The zero-order valence-corrected chi connectivity index (χ0v) is 21.1. The topological polar surface area (TPSA) is 59.0 Å². The standard InChI is InChI=1S/C24H50NO4P/c1-4-6-7-8-9-10-11-12-13-14-15-16-17-18-22-28-30(26,27)29-24-21-19-20-23(24)25(3)5-2/h23-24H,4-22H2,1-3H3,(H,26,27)/t23-,24+/m1/s1. The predicted octanol–water partition coefficient (Wildman–Crippen LogP) is 7.47. The molecule has 0 spiro atoms. The lowest BCUT2D eigenvalue weighted by atomic mass is 10.0. The molecule has 0 radical (unpaired) electrons. The summed E-state index contributed by atoms with van der Waals surface area (Å²) in [6.07, 6.45) is 20.8. The molecule has 3 atom stereocenters. The third kappa shape index (κ3) is 13.5. The third-order valence-corrected chi connectivity index (χ3v) is 7.55. The molecule has 6 heteroatoms. The molecule has 1 aliphatic rings. The molecule has 0 heterocycles. The fraction of sp³-hybridized carbons (Fsp3) is 1.00. The van der Waals surface area contributed by atoms with Gasteiger partial charge in [-0.2, -0.15) is 0 Å². The maximum absolute atomic E-state index is 12.3. The van der Waals surface area contributed by atoms with Crippen molar-refractivity contribution >= 4 is 7.82 Å². The van der Waals surface area contributed by atoms with Gasteiger partial charge in [0.2, 0.25) is 0 Å². The van der Waals surface area contributed by atoms with Crippen LogP contribution in [0, 0.1) is 0 Å². The first kappa shape index (κ1) is 28.1. The normalized spacial score (nSPS) is 21.4. The highest BCUT2D eigenvalue weighted by Gasteiger charge is 2.36. The van der Waals surface area contributed by atoms with E-state index in [2.05, 4.69) is 18.7 Å². The van der Waals surface area contributed by atoms with Crippen molar-refractivity contribution in [1.82, 2.24) is 4.90 Å². The monoisotopic (exact) mass is 447 g/mol. The molecule has 5 nitrogen and oxygen atoms in total. The molecule has 0 bridgehead atoms. The van der Waals surface area contributed by atoms with Crippen molar-refractivity contribution in [3.63, 3.8) is 0 Å². The first-order valence-electron chi connectivity index (χ1n) is 12.9. The molecule has 1 fully saturated rings. The Morgan fingerprint density at radius 1 is 0.833 bits per heavy atom. The highest BCUT2D eigenvalue weighted by Crippen LogP contribution is 2.47. The highest BCUT2D eigenvalue weighted by molar-refractivity contribution is 7.47. The minimum Gasteiger partial charge on any atom is -0.302 e. The number of likely N-dealkylation sites (N-methyl/N-ethyl adjacent to an activating group) is 1. The maximum Gasteiger partial charge on any atom is 0.472 e. The van der Waals surface area contributed by atoms with Gasteiger partial charge in [0.25, 0.3) is 0 Å². The minimum atomic E-state index is -3.94. The van der Waals surface area contributed by atoms with E-state index in [4.69, 9.17) is 9.05 Å². The fourth-order valence-electron chi connectivity index (χ4n) is 4.45. The van der Waals surface area contributed by atoms with Gasteiger partial charge < -0.3 is 9.79 Å². The molecule has 1 aliphatic carbocycles. The lowest BCUT2D eigenvalue weighted by molar-refractivity contribution is 0.0609. The largest absolute Gasteiger partial charge is 0.472 e. The molecule has 1 N–H and O–H groups in total. The van der Waals surface area contributed by atoms with E-state index in [9.17, 15) is 9.46 Å². The van der Waals surface area contributed by atoms with Crippen LogP contribution in [0.15, 0.2) is 0 Å². The SMILES string of the molecule is CCCCCCCCCCCCCCCCOP(=O)(O)O[C@H]1CCC[C@H]1N(C)CC. The van der Waals surface area contributed by atoms with E-state index >= 15 is 0 Å². The first-order chi connectivity index (χ1) is 14.5. The van der Waals surface area contributed by atoms with E-state index in [1.807, 2.05) is 7.05 Å². The molecule has 30 heavy (non-hydrogen) atoms. The Morgan fingerprint density at radius 2 is 1.33 bits per heavy atom. The van der Waals surface area contributed by atoms with Gasteiger partial charge in [0, 0.05) is 6.04 Å². The van der Waals surface area contributed by atoms with Crippen LogP contribution >= 0.6 is 7.82 Å². The molecule has 1 rings (SSSR count). The van der Waals surface area contributed by atoms with Crippen molar-refractivity contribution in [2.24, 2.45) is 0 Å². The smallest absolute Gasteiger partial charge is 0.302 e. The fourth-order valence-corrected chi connectivity index (χ4v) is 5.45. The average molecular weight is 448 g/mol. The van der Waals surface area contributed by atoms with Crippen molar-refractivity contribution in [1.29, 1.82) is 0 Å². The number of phosphoric ester groups is 1. The van der Waals surface area contributed by atoms with Crippen molar-refractivity contribution in [2.45, 2.75) is 135 Å². The van der Waals surface area contributed by atoms with Gasteiger partial charge in [-0.05, 0) is 39.3 Å². The van der Waals surface area contributed by atoms with Crippen LogP contribution < -0.4 is 0 Å². The molecular weight excluding hydrogens is 397 g/mol. The van der Waals surface area contributed by atoms with Crippen molar-refractivity contribution in [3.05, 3.63) is 0 Å². The van der Waals surface area contributed by atoms with Gasteiger partial charge in [-0.1, -0.05) is 97.3 Å². The highest BCUT2D eigenvalue weighted by atomic mass is 31.2. The Hall–Kier alpha value is 0.0700. The van der Waals surface area contributed by atoms with Gasteiger partial charge in [-0.3, -0.25) is 9.05 Å². The van der Waals surface area contributed by atoms with Crippen LogP contribution in [0.5, 0.6) is 0 Å². The predicted molar refractivity (Wildman–Crippen MR) is 127 cm³/mol. The number of nitrogens with zero attached hydrogens (tertiary/aromatic N) is 1.